The highest BCUT2D eigenvalue weighted by Crippen LogP contribution is 2.47. The molecule has 3 aromatic carbocycles. The number of hydrogen-bond donors (Lipinski definition) is 2. The Labute approximate surface area is 189 Å². The zero-order chi connectivity index (χ0) is 23.2. The van der Waals surface area contributed by atoms with Gasteiger partial charge in [-0.05, 0) is 29.8 Å². The molecule has 0 saturated carbocycles. The van der Waals surface area contributed by atoms with Gasteiger partial charge in [0.2, 0.25) is 0 Å². The van der Waals surface area contributed by atoms with Crippen molar-refractivity contribution in [2.45, 2.75) is 5.60 Å². The molecule has 0 unspecified atom stereocenters. The van der Waals surface area contributed by atoms with Crippen LogP contribution in [0.2, 0.25) is 0 Å². The van der Waals surface area contributed by atoms with Gasteiger partial charge in [-0.3, -0.25) is 10.1 Å². The maximum Gasteiger partial charge on any atom is 0.269 e. The molecule has 2 N–H and O–H groups in total. The Hall–Kier alpha value is -3.95. The Morgan fingerprint density at radius 2 is 1.30 bits per heavy atom. The van der Waals surface area contributed by atoms with E-state index in [0.29, 0.717) is 16.7 Å². The summed E-state index contributed by atoms with van der Waals surface area (Å²) >= 11 is 0. The predicted molar refractivity (Wildman–Crippen MR) is 126 cm³/mol. The summed E-state index contributed by atoms with van der Waals surface area (Å²) < 4.78 is 31.4. The molecule has 33 heavy (non-hydrogen) atoms. The summed E-state index contributed by atoms with van der Waals surface area (Å²) in [7, 11) is -4.01. The maximum absolute atomic E-state index is 12.7. The number of hydrogen-bond acceptors (Lipinski definition) is 5. The molecule has 0 atom stereocenters. The lowest BCUT2D eigenvalue weighted by Gasteiger charge is -2.33. The standard InChI is InChI=1S/C24H19N3O5S/c1-33(30,31)32-24(16-10-12-17(13-11-16)27(28)29,20-14-25-22-8-4-2-6-18(20)22)21-15-26-23-9-5-3-7-19(21)23/h2-15,25-26H,1H3. The zero-order valence-corrected chi connectivity index (χ0v) is 18.3. The second kappa shape index (κ2) is 7.58. The minimum absolute atomic E-state index is 0.107. The molecule has 9 heteroatoms. The van der Waals surface area contributed by atoms with Gasteiger partial charge in [0.05, 0.1) is 11.2 Å². The number of nitro benzene ring substituents is 1. The van der Waals surface area contributed by atoms with Gasteiger partial charge in [-0.15, -0.1) is 0 Å². The van der Waals surface area contributed by atoms with Crippen LogP contribution >= 0.6 is 0 Å². The van der Waals surface area contributed by atoms with Crippen LogP contribution in [0.4, 0.5) is 5.69 Å². The Kier molecular flexibility index (Phi) is 4.80. The van der Waals surface area contributed by atoms with Gasteiger partial charge < -0.3 is 9.97 Å². The van der Waals surface area contributed by atoms with Crippen molar-refractivity contribution < 1.29 is 17.5 Å². The molecule has 0 aliphatic rings. The third-order valence-corrected chi connectivity index (χ3v) is 6.25. The SMILES string of the molecule is CS(=O)(=O)OC(c1ccc([N+](=O)[O-])cc1)(c1c[nH]c2ccccc12)c1c[nH]c2ccccc12. The van der Waals surface area contributed by atoms with E-state index in [0.717, 1.165) is 28.1 Å². The molecular formula is C24H19N3O5S. The average Bonchev–Trinajstić information content (AvgIpc) is 3.42. The average molecular weight is 461 g/mol. The minimum atomic E-state index is -4.01. The number of non-ortho nitro benzene ring substituents is 1. The molecule has 0 amide bonds. The van der Waals surface area contributed by atoms with Gasteiger partial charge in [0.15, 0.2) is 5.60 Å². The quantitative estimate of drug-likeness (QED) is 0.213. The second-order valence-corrected chi connectivity index (χ2v) is 9.34. The van der Waals surface area contributed by atoms with E-state index >= 15 is 0 Å². The van der Waals surface area contributed by atoms with Gasteiger partial charge >= 0.3 is 0 Å². The van der Waals surface area contributed by atoms with Gasteiger partial charge in [-0.1, -0.05) is 36.4 Å². The molecule has 5 rings (SSSR count). The Morgan fingerprint density at radius 1 is 0.818 bits per heavy atom. The Morgan fingerprint density at radius 3 is 1.76 bits per heavy atom. The van der Waals surface area contributed by atoms with Crippen LogP contribution in [-0.2, 0) is 19.9 Å². The lowest BCUT2D eigenvalue weighted by atomic mass is 9.80. The summed E-state index contributed by atoms with van der Waals surface area (Å²) in [5.74, 6) is 0. The Balaban J connectivity index is 1.93. The van der Waals surface area contributed by atoms with Gasteiger partial charge in [-0.2, -0.15) is 8.42 Å². The van der Waals surface area contributed by atoms with E-state index in [1.54, 1.807) is 12.4 Å². The number of aromatic amines is 2. The van der Waals surface area contributed by atoms with Crippen LogP contribution in [0.25, 0.3) is 21.8 Å². The molecular weight excluding hydrogens is 442 g/mol. The van der Waals surface area contributed by atoms with Crippen LogP contribution in [0.15, 0.2) is 85.2 Å². The van der Waals surface area contributed by atoms with Crippen LogP contribution in [0.1, 0.15) is 16.7 Å². The van der Waals surface area contributed by atoms with E-state index in [4.69, 9.17) is 4.18 Å². The number of fused-ring (bicyclic) bond motifs is 2. The van der Waals surface area contributed by atoms with E-state index in [1.807, 2.05) is 48.5 Å². The molecule has 2 heterocycles. The fourth-order valence-corrected chi connectivity index (χ4v) is 5.09. The lowest BCUT2D eigenvalue weighted by molar-refractivity contribution is -0.384. The van der Waals surface area contributed by atoms with E-state index in [-0.39, 0.29) is 5.69 Å². The number of para-hydroxylation sites is 2. The molecule has 5 aromatic rings. The Bertz CT molecular complexity index is 1530. The summed E-state index contributed by atoms with van der Waals surface area (Å²) in [6, 6.07) is 20.7. The largest absolute Gasteiger partial charge is 0.361 e. The second-order valence-electron chi connectivity index (χ2n) is 7.77. The van der Waals surface area contributed by atoms with Crippen molar-refractivity contribution in [3.63, 3.8) is 0 Å². The first-order chi connectivity index (χ1) is 15.8. The van der Waals surface area contributed by atoms with E-state index in [2.05, 4.69) is 9.97 Å². The molecule has 2 aromatic heterocycles. The summed E-state index contributed by atoms with van der Waals surface area (Å²) in [5, 5.41) is 12.8. The van der Waals surface area contributed by atoms with Crippen molar-refractivity contribution in [1.82, 2.24) is 9.97 Å². The predicted octanol–water partition coefficient (Wildman–Crippen LogP) is 4.83. The molecule has 0 fully saturated rings. The van der Waals surface area contributed by atoms with Gasteiger partial charge in [-0.25, -0.2) is 4.18 Å². The van der Waals surface area contributed by atoms with Crippen molar-refractivity contribution in [2.75, 3.05) is 6.26 Å². The van der Waals surface area contributed by atoms with Crippen molar-refractivity contribution in [2.24, 2.45) is 0 Å². The van der Waals surface area contributed by atoms with Crippen LogP contribution in [0.3, 0.4) is 0 Å². The number of nitrogens with one attached hydrogen (secondary N) is 2. The van der Waals surface area contributed by atoms with E-state index in [9.17, 15) is 18.5 Å². The van der Waals surface area contributed by atoms with E-state index in [1.165, 1.54) is 24.3 Å². The first-order valence-corrected chi connectivity index (χ1v) is 11.9. The minimum Gasteiger partial charge on any atom is -0.361 e. The monoisotopic (exact) mass is 461 g/mol. The van der Waals surface area contributed by atoms with Crippen molar-refractivity contribution >= 4 is 37.6 Å². The van der Waals surface area contributed by atoms with Crippen molar-refractivity contribution in [1.29, 1.82) is 0 Å². The van der Waals surface area contributed by atoms with Gasteiger partial charge in [0, 0.05) is 57.5 Å². The fraction of sp³-hybridized carbons (Fsp3) is 0.0833. The molecule has 0 saturated heterocycles. The number of nitrogens with zero attached hydrogens (tertiary/aromatic N) is 1. The smallest absolute Gasteiger partial charge is 0.269 e. The number of aromatic nitrogens is 2. The van der Waals surface area contributed by atoms with Crippen LogP contribution in [-0.4, -0.2) is 29.6 Å². The molecule has 0 spiro atoms. The lowest BCUT2D eigenvalue weighted by Crippen LogP contribution is -2.34. The highest BCUT2D eigenvalue weighted by Gasteiger charge is 2.44. The van der Waals surface area contributed by atoms with Crippen molar-refractivity contribution in [3.8, 4) is 0 Å². The normalized spacial score (nSPS) is 12.4. The fourth-order valence-electron chi connectivity index (χ4n) is 4.36. The number of benzene rings is 3. The highest BCUT2D eigenvalue weighted by atomic mass is 32.2. The summed E-state index contributed by atoms with van der Waals surface area (Å²) in [4.78, 5) is 17.2. The third-order valence-electron chi connectivity index (χ3n) is 5.70. The summed E-state index contributed by atoms with van der Waals surface area (Å²) in [6.07, 6.45) is 4.44. The number of rotatable bonds is 6. The van der Waals surface area contributed by atoms with Crippen LogP contribution in [0.5, 0.6) is 0 Å². The highest BCUT2D eigenvalue weighted by molar-refractivity contribution is 7.86. The zero-order valence-electron chi connectivity index (χ0n) is 17.5. The maximum atomic E-state index is 12.7. The van der Waals surface area contributed by atoms with Crippen molar-refractivity contribution in [3.05, 3.63) is 112 Å². The number of nitro groups is 1. The first-order valence-electron chi connectivity index (χ1n) is 10.1. The molecule has 166 valence electrons. The molecule has 0 radical (unpaired) electrons. The molecule has 0 aliphatic heterocycles. The summed E-state index contributed by atoms with van der Waals surface area (Å²) in [5.41, 5.74) is 1.47. The number of H-pyrrole nitrogens is 2. The van der Waals surface area contributed by atoms with Crippen LogP contribution < -0.4 is 0 Å². The molecule has 0 bridgehead atoms. The third kappa shape index (κ3) is 3.47. The van der Waals surface area contributed by atoms with Gasteiger partial charge in [0.25, 0.3) is 15.8 Å². The molecule has 0 aliphatic carbocycles. The first kappa shape index (κ1) is 20.9. The van der Waals surface area contributed by atoms with Gasteiger partial charge in [0.1, 0.15) is 0 Å². The van der Waals surface area contributed by atoms with Crippen LogP contribution in [0, 0.1) is 10.1 Å². The summed E-state index contributed by atoms with van der Waals surface area (Å²) in [6.45, 7) is 0. The topological polar surface area (TPSA) is 118 Å². The molecule has 8 nitrogen and oxygen atoms in total. The van der Waals surface area contributed by atoms with E-state index < -0.39 is 20.6 Å².